The van der Waals surface area contributed by atoms with Crippen LogP contribution in [0.4, 0.5) is 0 Å². The van der Waals surface area contributed by atoms with Gasteiger partial charge in [0.2, 0.25) is 0 Å². The summed E-state index contributed by atoms with van der Waals surface area (Å²) in [7, 11) is 2.88. The number of methoxy groups -OCH3 is 2. The first-order valence-electron chi connectivity index (χ1n) is 8.39. The van der Waals surface area contributed by atoms with Crippen LogP contribution in [0, 0.1) is 6.92 Å². The standard InChI is InChI=1S/C19H25N3O3S.HI/c1-5-20-19(22-12-17-13(2)8-9-26-17)21-11-14-6-7-16(24-3)15(10-14)18(23)25-4;/h6-10H,5,11-12H2,1-4H3,(H2,20,21,22);1H. The van der Waals surface area contributed by atoms with E-state index in [9.17, 15) is 4.79 Å². The third kappa shape index (κ3) is 6.69. The number of aliphatic imine (C=N–C) groups is 1. The van der Waals surface area contributed by atoms with Crippen LogP contribution in [-0.4, -0.2) is 32.7 Å². The summed E-state index contributed by atoms with van der Waals surface area (Å²) in [5, 5.41) is 8.66. The number of guanidine groups is 1. The molecule has 2 N–H and O–H groups in total. The lowest BCUT2D eigenvalue weighted by Crippen LogP contribution is -2.36. The van der Waals surface area contributed by atoms with Crippen molar-refractivity contribution in [3.05, 3.63) is 51.2 Å². The van der Waals surface area contributed by atoms with Crippen molar-refractivity contribution < 1.29 is 14.3 Å². The van der Waals surface area contributed by atoms with E-state index in [0.717, 1.165) is 24.6 Å². The van der Waals surface area contributed by atoms with Gasteiger partial charge in [-0.1, -0.05) is 6.07 Å². The number of thiophene rings is 1. The number of carbonyl (C=O) groups is 1. The quantitative estimate of drug-likeness (QED) is 0.261. The Hall–Kier alpha value is -1.81. The van der Waals surface area contributed by atoms with Crippen LogP contribution in [0.2, 0.25) is 0 Å². The summed E-state index contributed by atoms with van der Waals surface area (Å²) in [5.41, 5.74) is 2.57. The van der Waals surface area contributed by atoms with E-state index in [0.29, 0.717) is 17.9 Å². The zero-order valence-electron chi connectivity index (χ0n) is 16.0. The lowest BCUT2D eigenvalue weighted by molar-refractivity contribution is 0.0597. The van der Waals surface area contributed by atoms with E-state index >= 15 is 0 Å². The maximum Gasteiger partial charge on any atom is 0.341 e. The summed E-state index contributed by atoms with van der Waals surface area (Å²) in [4.78, 5) is 17.8. The van der Waals surface area contributed by atoms with Gasteiger partial charge in [-0.15, -0.1) is 35.3 Å². The second-order valence-electron chi connectivity index (χ2n) is 5.60. The number of nitrogens with zero attached hydrogens (tertiary/aromatic N) is 1. The molecule has 0 saturated carbocycles. The number of esters is 1. The van der Waals surface area contributed by atoms with Crippen LogP contribution in [0.5, 0.6) is 5.75 Å². The maximum atomic E-state index is 11.9. The number of halogens is 1. The van der Waals surface area contributed by atoms with Crippen molar-refractivity contribution in [2.75, 3.05) is 20.8 Å². The minimum Gasteiger partial charge on any atom is -0.496 e. The second-order valence-corrected chi connectivity index (χ2v) is 6.60. The van der Waals surface area contributed by atoms with Crippen LogP contribution in [0.3, 0.4) is 0 Å². The summed E-state index contributed by atoms with van der Waals surface area (Å²) in [5.74, 6) is 0.796. The molecule has 0 aliphatic heterocycles. The second kappa shape index (κ2) is 11.8. The van der Waals surface area contributed by atoms with E-state index in [1.165, 1.54) is 24.7 Å². The molecule has 0 radical (unpaired) electrons. The fourth-order valence-corrected chi connectivity index (χ4v) is 3.23. The lowest BCUT2D eigenvalue weighted by atomic mass is 10.1. The van der Waals surface area contributed by atoms with Crippen LogP contribution in [0.1, 0.15) is 33.3 Å². The first-order chi connectivity index (χ1) is 12.6. The summed E-state index contributed by atoms with van der Waals surface area (Å²) in [6.07, 6.45) is 0. The van der Waals surface area contributed by atoms with Gasteiger partial charge < -0.3 is 20.1 Å². The number of benzene rings is 1. The summed E-state index contributed by atoms with van der Waals surface area (Å²) >= 11 is 1.73. The van der Waals surface area contributed by atoms with Gasteiger partial charge in [-0.05, 0) is 48.6 Å². The van der Waals surface area contributed by atoms with Crippen molar-refractivity contribution in [3.8, 4) is 5.75 Å². The Bertz CT molecular complexity index is 777. The Morgan fingerprint density at radius 2 is 2.00 bits per heavy atom. The highest BCUT2D eigenvalue weighted by molar-refractivity contribution is 14.0. The maximum absolute atomic E-state index is 11.9. The lowest BCUT2D eigenvalue weighted by Gasteiger charge is -2.12. The number of carbonyl (C=O) groups excluding carboxylic acids is 1. The minimum atomic E-state index is -0.425. The highest BCUT2D eigenvalue weighted by Gasteiger charge is 2.13. The molecule has 148 valence electrons. The predicted molar refractivity (Wildman–Crippen MR) is 120 cm³/mol. The Kier molecular flexibility index (Phi) is 10.2. The van der Waals surface area contributed by atoms with Gasteiger partial charge in [-0.3, -0.25) is 0 Å². The zero-order chi connectivity index (χ0) is 18.9. The number of nitrogens with one attached hydrogen (secondary N) is 2. The molecule has 1 aromatic heterocycles. The Balaban J connectivity index is 0.00000364. The third-order valence-corrected chi connectivity index (χ3v) is 4.84. The molecular formula is C19H26IN3O3S. The SMILES string of the molecule is CCNC(=NCc1ccc(OC)c(C(=O)OC)c1)NCc1sccc1C.I. The van der Waals surface area contributed by atoms with Crippen LogP contribution < -0.4 is 15.4 Å². The van der Waals surface area contributed by atoms with Crippen molar-refractivity contribution in [1.29, 1.82) is 0 Å². The van der Waals surface area contributed by atoms with Gasteiger partial charge in [0.05, 0.1) is 27.3 Å². The van der Waals surface area contributed by atoms with Gasteiger partial charge in [0.15, 0.2) is 5.96 Å². The molecule has 8 heteroatoms. The predicted octanol–water partition coefficient (Wildman–Crippen LogP) is 3.73. The molecule has 0 saturated heterocycles. The van der Waals surface area contributed by atoms with Crippen LogP contribution in [0.25, 0.3) is 0 Å². The van der Waals surface area contributed by atoms with Crippen LogP contribution in [0.15, 0.2) is 34.6 Å². The molecule has 0 bridgehead atoms. The van der Waals surface area contributed by atoms with E-state index in [2.05, 4.69) is 34.0 Å². The number of rotatable bonds is 7. The first kappa shape index (κ1) is 23.2. The monoisotopic (exact) mass is 503 g/mol. The molecule has 0 aliphatic carbocycles. The number of hydrogen-bond acceptors (Lipinski definition) is 5. The average Bonchev–Trinajstić information content (AvgIpc) is 3.08. The van der Waals surface area contributed by atoms with Crippen molar-refractivity contribution in [2.45, 2.75) is 26.9 Å². The van der Waals surface area contributed by atoms with Crippen LogP contribution >= 0.6 is 35.3 Å². The molecule has 6 nitrogen and oxygen atoms in total. The highest BCUT2D eigenvalue weighted by Crippen LogP contribution is 2.21. The van der Waals surface area contributed by atoms with E-state index in [-0.39, 0.29) is 24.0 Å². The van der Waals surface area contributed by atoms with E-state index in [1.54, 1.807) is 23.5 Å². The summed E-state index contributed by atoms with van der Waals surface area (Å²) in [6, 6.07) is 7.51. The van der Waals surface area contributed by atoms with E-state index < -0.39 is 5.97 Å². The molecule has 0 fully saturated rings. The van der Waals surface area contributed by atoms with E-state index in [1.807, 2.05) is 13.0 Å². The van der Waals surface area contributed by atoms with Gasteiger partial charge >= 0.3 is 5.97 Å². The fraction of sp³-hybridized carbons (Fsp3) is 0.368. The van der Waals surface area contributed by atoms with E-state index in [4.69, 9.17) is 9.47 Å². The zero-order valence-corrected chi connectivity index (χ0v) is 19.1. The van der Waals surface area contributed by atoms with Gasteiger partial charge in [0.1, 0.15) is 11.3 Å². The van der Waals surface area contributed by atoms with Gasteiger partial charge in [0.25, 0.3) is 0 Å². The number of ether oxygens (including phenoxy) is 2. The Labute approximate surface area is 181 Å². The molecule has 0 atom stereocenters. The molecule has 0 aliphatic rings. The Morgan fingerprint density at radius 3 is 2.59 bits per heavy atom. The average molecular weight is 503 g/mol. The molecular weight excluding hydrogens is 477 g/mol. The van der Waals surface area contributed by atoms with Crippen LogP contribution in [-0.2, 0) is 17.8 Å². The Morgan fingerprint density at radius 1 is 1.22 bits per heavy atom. The summed E-state index contributed by atoms with van der Waals surface area (Å²) in [6.45, 7) is 6.06. The summed E-state index contributed by atoms with van der Waals surface area (Å²) < 4.78 is 10.0. The molecule has 27 heavy (non-hydrogen) atoms. The van der Waals surface area contributed by atoms with Gasteiger partial charge in [0, 0.05) is 11.4 Å². The van der Waals surface area contributed by atoms with Crippen molar-refractivity contribution in [1.82, 2.24) is 10.6 Å². The molecule has 2 rings (SSSR count). The largest absolute Gasteiger partial charge is 0.496 e. The third-order valence-electron chi connectivity index (χ3n) is 3.82. The van der Waals surface area contributed by atoms with Crippen molar-refractivity contribution >= 4 is 47.2 Å². The molecule has 1 aromatic carbocycles. The highest BCUT2D eigenvalue weighted by atomic mass is 127. The van der Waals surface area contributed by atoms with Gasteiger partial charge in [-0.25, -0.2) is 9.79 Å². The minimum absolute atomic E-state index is 0. The molecule has 0 unspecified atom stereocenters. The first-order valence-corrected chi connectivity index (χ1v) is 9.27. The number of aryl methyl sites for hydroxylation is 1. The molecule has 0 spiro atoms. The normalized spacial score (nSPS) is 10.7. The fourth-order valence-electron chi connectivity index (χ4n) is 2.38. The number of hydrogen-bond donors (Lipinski definition) is 2. The van der Waals surface area contributed by atoms with Crippen molar-refractivity contribution in [3.63, 3.8) is 0 Å². The molecule has 1 heterocycles. The van der Waals surface area contributed by atoms with Gasteiger partial charge in [-0.2, -0.15) is 0 Å². The molecule has 2 aromatic rings. The van der Waals surface area contributed by atoms with Crippen molar-refractivity contribution in [2.24, 2.45) is 4.99 Å². The molecule has 0 amide bonds. The topological polar surface area (TPSA) is 72.0 Å². The smallest absolute Gasteiger partial charge is 0.341 e.